The fraction of sp³-hybridized carbons (Fsp3) is 0.120. The molecule has 0 aliphatic rings. The Morgan fingerprint density at radius 3 is 2.55 bits per heavy atom. The number of nitrogens with zero attached hydrogens (tertiary/aromatic N) is 2. The zero-order chi connectivity index (χ0) is 23.5. The molecule has 4 aromatic rings. The van der Waals surface area contributed by atoms with Gasteiger partial charge in [-0.1, -0.05) is 17.7 Å². The first-order valence-corrected chi connectivity index (χ1v) is 10.5. The third-order valence-corrected chi connectivity index (χ3v) is 5.50. The number of aryl methyl sites for hydroxylation is 1. The molecule has 0 spiro atoms. The fourth-order valence-corrected chi connectivity index (χ4v) is 3.80. The van der Waals surface area contributed by atoms with Gasteiger partial charge in [-0.2, -0.15) is 0 Å². The van der Waals surface area contributed by atoms with Crippen molar-refractivity contribution >= 4 is 39.9 Å². The van der Waals surface area contributed by atoms with E-state index in [0.29, 0.717) is 32.9 Å². The van der Waals surface area contributed by atoms with Gasteiger partial charge in [0.1, 0.15) is 12.3 Å². The zero-order valence-corrected chi connectivity index (χ0v) is 18.7. The Hall–Kier alpha value is -3.97. The molecule has 2 aromatic carbocycles. The maximum absolute atomic E-state index is 13.1. The monoisotopic (exact) mass is 461 g/mol. The molecule has 2 aromatic heterocycles. The number of rotatable bonds is 6. The summed E-state index contributed by atoms with van der Waals surface area (Å²) < 4.78 is 6.85. The van der Waals surface area contributed by atoms with E-state index in [1.807, 2.05) is 13.0 Å². The van der Waals surface area contributed by atoms with Crippen molar-refractivity contribution in [2.45, 2.75) is 13.5 Å². The normalized spacial score (nSPS) is 10.8. The number of carbonyl (C=O) groups is 2. The number of anilines is 1. The second kappa shape index (κ2) is 9.26. The van der Waals surface area contributed by atoms with E-state index in [4.69, 9.17) is 16.3 Å². The van der Waals surface area contributed by atoms with Crippen molar-refractivity contribution < 1.29 is 14.3 Å². The number of halogens is 1. The maximum Gasteiger partial charge on any atom is 0.244 e. The number of methoxy groups -OCH3 is 1. The minimum Gasteiger partial charge on any atom is -0.497 e. The molecule has 0 aliphatic carbocycles. The summed E-state index contributed by atoms with van der Waals surface area (Å²) >= 11 is 6.24. The molecule has 166 valence electrons. The Labute approximate surface area is 194 Å². The van der Waals surface area contributed by atoms with Crippen molar-refractivity contribution in [3.63, 3.8) is 0 Å². The van der Waals surface area contributed by atoms with Crippen LogP contribution in [0.25, 0.3) is 10.9 Å². The highest BCUT2D eigenvalue weighted by Gasteiger charge is 2.19. The van der Waals surface area contributed by atoms with Crippen molar-refractivity contribution in [2.75, 3.05) is 12.4 Å². The highest BCUT2D eigenvalue weighted by molar-refractivity contribution is 6.33. The molecule has 0 fully saturated rings. The average Bonchev–Trinajstić information content (AvgIpc) is 2.82. The van der Waals surface area contributed by atoms with E-state index >= 15 is 0 Å². The highest BCUT2D eigenvalue weighted by Crippen LogP contribution is 2.24. The predicted octanol–water partition coefficient (Wildman–Crippen LogP) is 4.24. The maximum atomic E-state index is 13.1. The SMILES string of the molecule is COc1ccc2c(=O)c(C(=O)c3ccncc3)cn(CC(=O)Nc3ccc(C)cc3Cl)c2c1. The van der Waals surface area contributed by atoms with Gasteiger partial charge in [-0.05, 0) is 48.9 Å². The number of amides is 1. The first-order chi connectivity index (χ1) is 15.9. The molecule has 0 unspecified atom stereocenters. The van der Waals surface area contributed by atoms with E-state index in [-0.39, 0.29) is 18.0 Å². The molecule has 2 heterocycles. The van der Waals surface area contributed by atoms with Crippen LogP contribution in [0.3, 0.4) is 0 Å². The van der Waals surface area contributed by atoms with Gasteiger partial charge in [0, 0.05) is 35.6 Å². The van der Waals surface area contributed by atoms with E-state index in [2.05, 4.69) is 10.3 Å². The van der Waals surface area contributed by atoms with Crippen LogP contribution in [0.15, 0.2) is 71.9 Å². The number of benzene rings is 2. The van der Waals surface area contributed by atoms with Gasteiger partial charge in [-0.3, -0.25) is 19.4 Å². The fourth-order valence-electron chi connectivity index (χ4n) is 3.51. The lowest BCUT2D eigenvalue weighted by Gasteiger charge is -2.15. The summed E-state index contributed by atoms with van der Waals surface area (Å²) in [5.41, 5.74) is 1.78. The van der Waals surface area contributed by atoms with Crippen LogP contribution in [0.5, 0.6) is 5.75 Å². The van der Waals surface area contributed by atoms with Crippen LogP contribution in [0, 0.1) is 6.92 Å². The molecule has 0 bridgehead atoms. The zero-order valence-electron chi connectivity index (χ0n) is 18.0. The van der Waals surface area contributed by atoms with Gasteiger partial charge in [0.25, 0.3) is 0 Å². The smallest absolute Gasteiger partial charge is 0.244 e. The summed E-state index contributed by atoms with van der Waals surface area (Å²) in [6.07, 6.45) is 4.37. The third kappa shape index (κ3) is 4.63. The minimum atomic E-state index is -0.448. The van der Waals surface area contributed by atoms with Crippen LogP contribution in [0.4, 0.5) is 5.69 Å². The van der Waals surface area contributed by atoms with Gasteiger partial charge in [-0.15, -0.1) is 0 Å². The van der Waals surface area contributed by atoms with Gasteiger partial charge < -0.3 is 14.6 Å². The molecule has 0 atom stereocenters. The molecule has 0 saturated heterocycles. The lowest BCUT2D eigenvalue weighted by molar-refractivity contribution is -0.116. The third-order valence-electron chi connectivity index (χ3n) is 5.19. The Kier molecular flexibility index (Phi) is 6.24. The molecule has 0 aliphatic heterocycles. The Morgan fingerprint density at radius 1 is 1.09 bits per heavy atom. The Balaban J connectivity index is 1.78. The lowest BCUT2D eigenvalue weighted by Crippen LogP contribution is -2.24. The van der Waals surface area contributed by atoms with Crippen LogP contribution < -0.4 is 15.5 Å². The van der Waals surface area contributed by atoms with Crippen molar-refractivity contribution in [3.05, 3.63) is 99.1 Å². The number of ketones is 1. The van der Waals surface area contributed by atoms with Crippen LogP contribution in [0.1, 0.15) is 21.5 Å². The van der Waals surface area contributed by atoms with Crippen LogP contribution in [-0.2, 0) is 11.3 Å². The minimum absolute atomic E-state index is 0.0416. The van der Waals surface area contributed by atoms with Crippen molar-refractivity contribution in [1.29, 1.82) is 0 Å². The number of carbonyl (C=O) groups excluding carboxylic acids is 2. The molecule has 4 rings (SSSR count). The molecule has 33 heavy (non-hydrogen) atoms. The Morgan fingerprint density at radius 2 is 1.85 bits per heavy atom. The first-order valence-electron chi connectivity index (χ1n) is 10.1. The van der Waals surface area contributed by atoms with Gasteiger partial charge >= 0.3 is 0 Å². The quantitative estimate of drug-likeness (QED) is 0.434. The van der Waals surface area contributed by atoms with Crippen molar-refractivity contribution in [3.8, 4) is 5.75 Å². The standard InChI is InChI=1S/C25H20ClN3O4/c1-15-3-6-21(20(26)11-15)28-23(30)14-29-13-19(24(31)16-7-9-27-10-8-16)25(32)18-5-4-17(33-2)12-22(18)29/h3-13H,14H2,1-2H3,(H,28,30). The molecular weight excluding hydrogens is 442 g/mol. The van der Waals surface area contributed by atoms with E-state index in [1.54, 1.807) is 34.9 Å². The van der Waals surface area contributed by atoms with Crippen molar-refractivity contribution in [1.82, 2.24) is 9.55 Å². The van der Waals surface area contributed by atoms with Gasteiger partial charge in [0.15, 0.2) is 5.78 Å². The van der Waals surface area contributed by atoms with Crippen LogP contribution in [0.2, 0.25) is 5.02 Å². The number of hydrogen-bond donors (Lipinski definition) is 1. The number of pyridine rings is 2. The summed E-state index contributed by atoms with van der Waals surface area (Å²) in [5.74, 6) is -0.294. The summed E-state index contributed by atoms with van der Waals surface area (Å²) in [7, 11) is 1.51. The number of ether oxygens (including phenoxy) is 1. The molecule has 8 heteroatoms. The first kappa shape index (κ1) is 22.2. The van der Waals surface area contributed by atoms with E-state index in [9.17, 15) is 14.4 Å². The lowest BCUT2D eigenvalue weighted by atomic mass is 10.0. The molecule has 0 saturated carbocycles. The second-order valence-electron chi connectivity index (χ2n) is 7.48. The number of aromatic nitrogens is 2. The number of nitrogens with one attached hydrogen (secondary N) is 1. The molecule has 1 N–H and O–H groups in total. The van der Waals surface area contributed by atoms with E-state index in [1.165, 1.54) is 37.8 Å². The van der Waals surface area contributed by atoms with Gasteiger partial charge in [0.2, 0.25) is 11.3 Å². The van der Waals surface area contributed by atoms with Gasteiger partial charge in [0.05, 0.1) is 28.9 Å². The van der Waals surface area contributed by atoms with E-state index < -0.39 is 11.2 Å². The number of hydrogen-bond acceptors (Lipinski definition) is 5. The van der Waals surface area contributed by atoms with Crippen LogP contribution >= 0.6 is 11.6 Å². The van der Waals surface area contributed by atoms with E-state index in [0.717, 1.165) is 5.56 Å². The van der Waals surface area contributed by atoms with Gasteiger partial charge in [-0.25, -0.2) is 0 Å². The molecular formula is C25H20ClN3O4. The topological polar surface area (TPSA) is 90.3 Å². The predicted molar refractivity (Wildman–Crippen MR) is 127 cm³/mol. The summed E-state index contributed by atoms with van der Waals surface area (Å²) in [6.45, 7) is 1.75. The largest absolute Gasteiger partial charge is 0.497 e. The average molecular weight is 462 g/mol. The van der Waals surface area contributed by atoms with Crippen LogP contribution in [-0.4, -0.2) is 28.4 Å². The number of fused-ring (bicyclic) bond motifs is 1. The summed E-state index contributed by atoms with van der Waals surface area (Å²) in [4.78, 5) is 43.0. The second-order valence-corrected chi connectivity index (χ2v) is 7.89. The molecule has 7 nitrogen and oxygen atoms in total. The summed E-state index contributed by atoms with van der Waals surface area (Å²) in [6, 6.07) is 13.3. The van der Waals surface area contributed by atoms with Crippen molar-refractivity contribution in [2.24, 2.45) is 0 Å². The molecule has 0 radical (unpaired) electrons. The Bertz CT molecular complexity index is 1430. The molecule has 1 amide bonds. The summed E-state index contributed by atoms with van der Waals surface area (Å²) in [5, 5.41) is 3.50. The highest BCUT2D eigenvalue weighted by atomic mass is 35.5.